The highest BCUT2D eigenvalue weighted by atomic mass is 19.4. The van der Waals surface area contributed by atoms with E-state index in [-0.39, 0.29) is 5.75 Å². The maximum absolute atomic E-state index is 12.4. The van der Waals surface area contributed by atoms with Crippen LogP contribution in [0.1, 0.15) is 32.0 Å². The van der Waals surface area contributed by atoms with Crippen LogP contribution in [0.3, 0.4) is 0 Å². The Bertz CT molecular complexity index is 980. The van der Waals surface area contributed by atoms with Gasteiger partial charge in [0.2, 0.25) is 0 Å². The zero-order valence-electron chi connectivity index (χ0n) is 15.7. The Labute approximate surface area is 159 Å². The molecule has 2 heterocycles. The van der Waals surface area contributed by atoms with Gasteiger partial charge in [0.25, 0.3) is 5.78 Å². The maximum Gasteiger partial charge on any atom is 0.573 e. The number of aliphatic hydroxyl groups is 1. The van der Waals surface area contributed by atoms with Gasteiger partial charge in [-0.1, -0.05) is 12.1 Å². The van der Waals surface area contributed by atoms with Gasteiger partial charge in [-0.3, -0.25) is 0 Å². The second-order valence-electron chi connectivity index (χ2n) is 7.14. The van der Waals surface area contributed by atoms with Crippen LogP contribution in [0, 0.1) is 6.92 Å². The molecule has 0 aliphatic rings. The predicted molar refractivity (Wildman–Crippen MR) is 95.9 cm³/mol. The van der Waals surface area contributed by atoms with Crippen molar-refractivity contribution in [2.45, 2.75) is 45.2 Å². The molecular formula is C18H20F3N5O2. The summed E-state index contributed by atoms with van der Waals surface area (Å²) in [6, 6.07) is 7.10. The SMILES string of the molecule is Cc1cc(NC(C)(c2ccc(OC(F)(F)F)cc2)C(C)(C)O)n2ncnc2n1. The summed E-state index contributed by atoms with van der Waals surface area (Å²) < 4.78 is 42.6. The lowest BCUT2D eigenvalue weighted by atomic mass is 9.78. The number of nitrogens with one attached hydrogen (secondary N) is 1. The fourth-order valence-electron chi connectivity index (χ4n) is 2.84. The van der Waals surface area contributed by atoms with Gasteiger partial charge in [0, 0.05) is 11.8 Å². The van der Waals surface area contributed by atoms with Crippen molar-refractivity contribution < 1.29 is 23.0 Å². The molecule has 2 N–H and O–H groups in total. The van der Waals surface area contributed by atoms with Crippen LogP contribution in [0.25, 0.3) is 5.78 Å². The van der Waals surface area contributed by atoms with Crippen molar-refractivity contribution in [1.29, 1.82) is 0 Å². The molecule has 0 spiro atoms. The first-order chi connectivity index (χ1) is 12.9. The van der Waals surface area contributed by atoms with E-state index < -0.39 is 17.5 Å². The van der Waals surface area contributed by atoms with Crippen molar-refractivity contribution in [2.24, 2.45) is 0 Å². The van der Waals surface area contributed by atoms with Crippen LogP contribution >= 0.6 is 0 Å². The number of rotatable bonds is 5. The van der Waals surface area contributed by atoms with E-state index in [4.69, 9.17) is 0 Å². The Morgan fingerprint density at radius 3 is 2.32 bits per heavy atom. The van der Waals surface area contributed by atoms with Crippen LogP contribution in [0.2, 0.25) is 0 Å². The highest BCUT2D eigenvalue weighted by Crippen LogP contribution is 2.37. The minimum Gasteiger partial charge on any atom is -0.406 e. The molecule has 7 nitrogen and oxygen atoms in total. The molecule has 0 saturated heterocycles. The lowest BCUT2D eigenvalue weighted by Gasteiger charge is -2.42. The molecule has 0 bridgehead atoms. The predicted octanol–water partition coefficient (Wildman–Crippen LogP) is 3.43. The molecule has 0 radical (unpaired) electrons. The average Bonchev–Trinajstić information content (AvgIpc) is 3.01. The topological polar surface area (TPSA) is 84.6 Å². The molecule has 1 unspecified atom stereocenters. The summed E-state index contributed by atoms with van der Waals surface area (Å²) in [4.78, 5) is 8.34. The van der Waals surface area contributed by atoms with E-state index in [0.29, 0.717) is 22.9 Å². The second-order valence-corrected chi connectivity index (χ2v) is 7.14. The second kappa shape index (κ2) is 6.62. The van der Waals surface area contributed by atoms with Crippen LogP contribution in [0.5, 0.6) is 5.75 Å². The van der Waals surface area contributed by atoms with Gasteiger partial charge in [-0.15, -0.1) is 13.2 Å². The van der Waals surface area contributed by atoms with Gasteiger partial charge in [0.1, 0.15) is 17.9 Å². The minimum absolute atomic E-state index is 0.340. The number of ether oxygens (including phenoxy) is 1. The Hall–Kier alpha value is -2.88. The number of aromatic nitrogens is 4. The third kappa shape index (κ3) is 3.86. The first kappa shape index (κ1) is 19.9. The van der Waals surface area contributed by atoms with E-state index >= 15 is 0 Å². The third-order valence-electron chi connectivity index (χ3n) is 4.65. The molecule has 1 aromatic carbocycles. The van der Waals surface area contributed by atoms with Crippen LogP contribution in [0.4, 0.5) is 19.0 Å². The Balaban J connectivity index is 2.03. The van der Waals surface area contributed by atoms with Gasteiger partial charge < -0.3 is 15.2 Å². The molecule has 28 heavy (non-hydrogen) atoms. The van der Waals surface area contributed by atoms with Crippen molar-refractivity contribution in [3.8, 4) is 5.75 Å². The van der Waals surface area contributed by atoms with E-state index in [0.717, 1.165) is 0 Å². The van der Waals surface area contributed by atoms with Crippen LogP contribution in [0.15, 0.2) is 36.7 Å². The fourth-order valence-corrected chi connectivity index (χ4v) is 2.84. The molecule has 3 aromatic rings. The standard InChI is InChI=1S/C18H20F3N5O2/c1-11-9-14(26-15(24-11)22-10-23-26)25-17(4,16(2,3)27)12-5-7-13(8-6-12)28-18(19,20)21/h5-10,25,27H,1-4H3. The number of aryl methyl sites for hydroxylation is 1. The number of benzene rings is 1. The van der Waals surface area contributed by atoms with E-state index in [2.05, 4.69) is 25.1 Å². The van der Waals surface area contributed by atoms with Gasteiger partial charge >= 0.3 is 6.36 Å². The van der Waals surface area contributed by atoms with E-state index in [1.165, 1.54) is 35.1 Å². The van der Waals surface area contributed by atoms with Gasteiger partial charge in [-0.05, 0) is 45.4 Å². The molecule has 0 amide bonds. The zero-order valence-corrected chi connectivity index (χ0v) is 15.7. The number of fused-ring (bicyclic) bond motifs is 1. The largest absolute Gasteiger partial charge is 0.573 e. The summed E-state index contributed by atoms with van der Waals surface area (Å²) in [6.45, 7) is 6.75. The lowest BCUT2D eigenvalue weighted by Crippen LogP contribution is -2.51. The van der Waals surface area contributed by atoms with Gasteiger partial charge in [-0.2, -0.15) is 14.6 Å². The number of halogens is 3. The highest BCUT2D eigenvalue weighted by Gasteiger charge is 2.42. The molecule has 1 atom stereocenters. The number of nitrogens with zero attached hydrogens (tertiary/aromatic N) is 4. The molecule has 3 rings (SSSR count). The number of hydrogen-bond acceptors (Lipinski definition) is 6. The first-order valence-electron chi connectivity index (χ1n) is 8.43. The molecule has 2 aromatic heterocycles. The van der Waals surface area contributed by atoms with Crippen molar-refractivity contribution in [2.75, 3.05) is 5.32 Å². The monoisotopic (exact) mass is 395 g/mol. The molecule has 0 aliphatic heterocycles. The fraction of sp³-hybridized carbons (Fsp3) is 0.389. The van der Waals surface area contributed by atoms with E-state index in [1.54, 1.807) is 33.8 Å². The van der Waals surface area contributed by atoms with Crippen LogP contribution in [-0.2, 0) is 5.54 Å². The van der Waals surface area contributed by atoms with Crippen molar-refractivity contribution in [3.05, 3.63) is 47.9 Å². The molecule has 10 heteroatoms. The van der Waals surface area contributed by atoms with Crippen LogP contribution in [-0.4, -0.2) is 36.7 Å². The zero-order chi connectivity index (χ0) is 20.7. The third-order valence-corrected chi connectivity index (χ3v) is 4.65. The Morgan fingerprint density at radius 2 is 1.75 bits per heavy atom. The van der Waals surface area contributed by atoms with Crippen molar-refractivity contribution >= 4 is 11.6 Å². The summed E-state index contributed by atoms with van der Waals surface area (Å²) in [5, 5.41) is 18.2. The van der Waals surface area contributed by atoms with E-state index in [1.807, 2.05) is 0 Å². The van der Waals surface area contributed by atoms with Crippen molar-refractivity contribution in [1.82, 2.24) is 19.6 Å². The number of hydrogen-bond donors (Lipinski definition) is 2. The quantitative estimate of drug-likeness (QED) is 0.689. The minimum atomic E-state index is -4.77. The maximum atomic E-state index is 12.4. The Morgan fingerprint density at radius 1 is 1.11 bits per heavy atom. The molecule has 150 valence electrons. The number of alkyl halides is 3. The lowest BCUT2D eigenvalue weighted by molar-refractivity contribution is -0.274. The summed E-state index contributed by atoms with van der Waals surface area (Å²) in [7, 11) is 0. The summed E-state index contributed by atoms with van der Waals surface area (Å²) in [6.07, 6.45) is -3.41. The summed E-state index contributed by atoms with van der Waals surface area (Å²) >= 11 is 0. The van der Waals surface area contributed by atoms with Gasteiger partial charge in [0.15, 0.2) is 0 Å². The summed E-state index contributed by atoms with van der Waals surface area (Å²) in [5.41, 5.74) is -1.15. The van der Waals surface area contributed by atoms with E-state index in [9.17, 15) is 18.3 Å². The first-order valence-corrected chi connectivity index (χ1v) is 8.43. The molecular weight excluding hydrogens is 375 g/mol. The smallest absolute Gasteiger partial charge is 0.406 e. The molecule has 0 aliphatic carbocycles. The summed E-state index contributed by atoms with van der Waals surface area (Å²) in [5.74, 6) is 0.572. The Kier molecular flexibility index (Phi) is 4.70. The highest BCUT2D eigenvalue weighted by molar-refractivity contribution is 5.50. The van der Waals surface area contributed by atoms with Crippen molar-refractivity contribution in [3.63, 3.8) is 0 Å². The normalized spacial score (nSPS) is 14.7. The van der Waals surface area contributed by atoms with Gasteiger partial charge in [-0.25, -0.2) is 4.98 Å². The van der Waals surface area contributed by atoms with Gasteiger partial charge in [0.05, 0.1) is 11.1 Å². The average molecular weight is 395 g/mol. The number of anilines is 1. The molecule has 0 saturated carbocycles. The van der Waals surface area contributed by atoms with Crippen LogP contribution < -0.4 is 10.1 Å². The molecule has 0 fully saturated rings.